The summed E-state index contributed by atoms with van der Waals surface area (Å²) < 4.78 is 0. The standard InChI is InChI=1S/C14H11N3O4/c1-6-5-9(18)16-12(19)10(6)7-3-2-4-8-11(7)13(20)17-14(21)15-8/h2-5H,1H3,(H2,16,18,19)(H2,15,17,20,21). The third-order valence-corrected chi connectivity index (χ3v) is 3.26. The van der Waals surface area contributed by atoms with Gasteiger partial charge < -0.3 is 10.1 Å². The molecular weight excluding hydrogens is 274 g/mol. The van der Waals surface area contributed by atoms with E-state index in [0.717, 1.165) is 0 Å². The molecule has 3 aromatic rings. The van der Waals surface area contributed by atoms with E-state index in [2.05, 4.69) is 15.0 Å². The van der Waals surface area contributed by atoms with E-state index in [1.807, 2.05) is 0 Å². The van der Waals surface area contributed by atoms with Crippen LogP contribution in [0.2, 0.25) is 0 Å². The van der Waals surface area contributed by atoms with Crippen LogP contribution in [0.15, 0.2) is 38.6 Å². The van der Waals surface area contributed by atoms with Crippen LogP contribution in [0.1, 0.15) is 5.56 Å². The molecule has 0 aliphatic heterocycles. The Morgan fingerprint density at radius 2 is 1.81 bits per heavy atom. The number of aryl methyl sites for hydroxylation is 1. The number of nitrogens with one attached hydrogen (secondary N) is 3. The predicted octanol–water partition coefficient (Wildman–Crippen LogP) is 0.586. The molecule has 2 aromatic heterocycles. The lowest BCUT2D eigenvalue weighted by molar-refractivity contribution is 0.453. The molecule has 3 rings (SSSR count). The molecule has 0 aliphatic carbocycles. The van der Waals surface area contributed by atoms with Crippen molar-refractivity contribution < 1.29 is 5.11 Å². The highest BCUT2D eigenvalue weighted by molar-refractivity contribution is 5.95. The van der Waals surface area contributed by atoms with Crippen LogP contribution in [-0.2, 0) is 0 Å². The van der Waals surface area contributed by atoms with Crippen molar-refractivity contribution in [2.24, 2.45) is 0 Å². The maximum Gasteiger partial charge on any atom is 0.326 e. The molecule has 4 N–H and O–H groups in total. The Bertz CT molecular complexity index is 1000. The Morgan fingerprint density at radius 3 is 2.52 bits per heavy atom. The SMILES string of the molecule is Cc1cc(=O)[nH]c(O)c1-c1cccc2[nH]c(=O)[nH]c(=O)c12. The van der Waals surface area contributed by atoms with Gasteiger partial charge >= 0.3 is 5.69 Å². The molecule has 21 heavy (non-hydrogen) atoms. The van der Waals surface area contributed by atoms with Gasteiger partial charge in [0.1, 0.15) is 0 Å². The number of hydrogen-bond donors (Lipinski definition) is 4. The number of fused-ring (bicyclic) bond motifs is 1. The Hall–Kier alpha value is -3.09. The molecule has 0 fully saturated rings. The van der Waals surface area contributed by atoms with E-state index >= 15 is 0 Å². The van der Waals surface area contributed by atoms with E-state index in [-0.39, 0.29) is 11.3 Å². The number of pyridine rings is 1. The minimum atomic E-state index is -0.605. The first-order valence-electron chi connectivity index (χ1n) is 6.16. The van der Waals surface area contributed by atoms with Gasteiger partial charge in [-0.2, -0.15) is 0 Å². The van der Waals surface area contributed by atoms with Gasteiger partial charge in [-0.3, -0.25) is 19.6 Å². The molecule has 0 unspecified atom stereocenters. The molecule has 0 saturated carbocycles. The number of hydrogen-bond acceptors (Lipinski definition) is 4. The lowest BCUT2D eigenvalue weighted by Crippen LogP contribution is -2.22. The van der Waals surface area contributed by atoms with Gasteiger partial charge in [0, 0.05) is 17.2 Å². The lowest BCUT2D eigenvalue weighted by Gasteiger charge is -2.10. The van der Waals surface area contributed by atoms with Crippen LogP contribution in [0, 0.1) is 6.92 Å². The third kappa shape index (κ3) is 2.04. The Morgan fingerprint density at radius 1 is 1.05 bits per heavy atom. The topological polar surface area (TPSA) is 119 Å². The van der Waals surface area contributed by atoms with Crippen LogP contribution >= 0.6 is 0 Å². The van der Waals surface area contributed by atoms with Crippen molar-refractivity contribution in [3.05, 3.63) is 61.0 Å². The van der Waals surface area contributed by atoms with Crippen molar-refractivity contribution in [2.45, 2.75) is 6.92 Å². The summed E-state index contributed by atoms with van der Waals surface area (Å²) >= 11 is 0. The molecule has 0 radical (unpaired) electrons. The molecule has 0 spiro atoms. The minimum Gasteiger partial charge on any atom is -0.494 e. The monoisotopic (exact) mass is 285 g/mol. The summed E-state index contributed by atoms with van der Waals surface area (Å²) in [5.74, 6) is -0.321. The van der Waals surface area contributed by atoms with Crippen LogP contribution in [0.5, 0.6) is 5.88 Å². The predicted molar refractivity (Wildman–Crippen MR) is 77.6 cm³/mol. The van der Waals surface area contributed by atoms with Crippen molar-refractivity contribution in [3.63, 3.8) is 0 Å². The number of aromatic hydroxyl groups is 1. The molecule has 1 aromatic carbocycles. The fourth-order valence-corrected chi connectivity index (χ4v) is 2.44. The van der Waals surface area contributed by atoms with E-state index in [1.165, 1.54) is 6.07 Å². The van der Waals surface area contributed by atoms with E-state index in [0.29, 0.717) is 22.2 Å². The average Bonchev–Trinajstić information content (AvgIpc) is 2.36. The molecule has 7 nitrogen and oxygen atoms in total. The molecule has 106 valence electrons. The van der Waals surface area contributed by atoms with Gasteiger partial charge in [0.05, 0.1) is 10.9 Å². The summed E-state index contributed by atoms with van der Waals surface area (Å²) in [5, 5.41) is 10.2. The number of aromatic nitrogens is 3. The first-order valence-corrected chi connectivity index (χ1v) is 6.16. The molecular formula is C14H11N3O4. The average molecular weight is 285 g/mol. The summed E-state index contributed by atoms with van der Waals surface area (Å²) in [6.07, 6.45) is 0. The lowest BCUT2D eigenvalue weighted by atomic mass is 9.98. The Balaban J connectivity index is 2.50. The highest BCUT2D eigenvalue weighted by Gasteiger charge is 2.15. The van der Waals surface area contributed by atoms with Gasteiger partial charge in [0.25, 0.3) is 11.1 Å². The maximum absolute atomic E-state index is 12.1. The Labute approximate surface area is 116 Å². The van der Waals surface area contributed by atoms with Gasteiger partial charge in [-0.1, -0.05) is 12.1 Å². The fraction of sp³-hybridized carbons (Fsp3) is 0.0714. The molecule has 2 heterocycles. The van der Waals surface area contributed by atoms with Crippen molar-refractivity contribution in [1.29, 1.82) is 0 Å². The van der Waals surface area contributed by atoms with Gasteiger partial charge in [0.15, 0.2) is 5.88 Å². The largest absolute Gasteiger partial charge is 0.494 e. The zero-order chi connectivity index (χ0) is 15.1. The molecule has 7 heteroatoms. The summed E-state index contributed by atoms with van der Waals surface area (Å²) in [6.45, 7) is 1.66. The second-order valence-electron chi connectivity index (χ2n) is 4.68. The Kier molecular flexibility index (Phi) is 2.76. The highest BCUT2D eigenvalue weighted by Crippen LogP contribution is 2.32. The fourth-order valence-electron chi connectivity index (χ4n) is 2.44. The molecule has 0 bridgehead atoms. The second kappa shape index (κ2) is 4.48. The minimum absolute atomic E-state index is 0.238. The zero-order valence-corrected chi connectivity index (χ0v) is 11.0. The summed E-state index contributed by atoms with van der Waals surface area (Å²) in [6, 6.07) is 6.20. The first-order chi connectivity index (χ1) is 9.97. The molecule has 0 aliphatic rings. The van der Waals surface area contributed by atoms with Crippen molar-refractivity contribution in [2.75, 3.05) is 0 Å². The van der Waals surface area contributed by atoms with Gasteiger partial charge in [-0.25, -0.2) is 4.79 Å². The number of aromatic amines is 3. The van der Waals surface area contributed by atoms with E-state index in [9.17, 15) is 19.5 Å². The van der Waals surface area contributed by atoms with Gasteiger partial charge in [-0.05, 0) is 18.6 Å². The van der Waals surface area contributed by atoms with Crippen molar-refractivity contribution in [1.82, 2.24) is 15.0 Å². The van der Waals surface area contributed by atoms with Crippen LogP contribution in [0.25, 0.3) is 22.0 Å². The molecule has 0 saturated heterocycles. The van der Waals surface area contributed by atoms with Gasteiger partial charge in [-0.15, -0.1) is 0 Å². The van der Waals surface area contributed by atoms with E-state index in [4.69, 9.17) is 0 Å². The van der Waals surface area contributed by atoms with Crippen LogP contribution in [0.4, 0.5) is 0 Å². The molecule has 0 atom stereocenters. The van der Waals surface area contributed by atoms with Crippen molar-refractivity contribution in [3.8, 4) is 17.0 Å². The number of benzene rings is 1. The quantitative estimate of drug-likeness (QED) is 0.523. The smallest absolute Gasteiger partial charge is 0.326 e. The number of rotatable bonds is 1. The highest BCUT2D eigenvalue weighted by atomic mass is 16.3. The normalized spacial score (nSPS) is 10.9. The maximum atomic E-state index is 12.1. The summed E-state index contributed by atoms with van der Waals surface area (Å²) in [4.78, 5) is 41.7. The summed E-state index contributed by atoms with van der Waals surface area (Å²) in [5.41, 5.74) is 0.0484. The second-order valence-corrected chi connectivity index (χ2v) is 4.68. The van der Waals surface area contributed by atoms with E-state index < -0.39 is 16.8 Å². The van der Waals surface area contributed by atoms with Crippen LogP contribution in [-0.4, -0.2) is 20.1 Å². The first kappa shape index (κ1) is 12.9. The molecule has 0 amide bonds. The van der Waals surface area contributed by atoms with E-state index in [1.54, 1.807) is 25.1 Å². The zero-order valence-electron chi connectivity index (χ0n) is 11.0. The van der Waals surface area contributed by atoms with Crippen molar-refractivity contribution >= 4 is 10.9 Å². The number of H-pyrrole nitrogens is 3. The van der Waals surface area contributed by atoms with Gasteiger partial charge in [0.2, 0.25) is 0 Å². The third-order valence-electron chi connectivity index (χ3n) is 3.26. The van der Waals surface area contributed by atoms with Crippen LogP contribution in [0.3, 0.4) is 0 Å². The summed E-state index contributed by atoms with van der Waals surface area (Å²) in [7, 11) is 0. The van der Waals surface area contributed by atoms with Crippen LogP contribution < -0.4 is 16.8 Å².